The zero-order valence-electron chi connectivity index (χ0n) is 14.4. The predicted octanol–water partition coefficient (Wildman–Crippen LogP) is 1.11. The van der Waals surface area contributed by atoms with Crippen LogP contribution >= 0.6 is 0 Å². The van der Waals surface area contributed by atoms with Crippen molar-refractivity contribution in [2.75, 3.05) is 27.2 Å². The minimum Gasteiger partial charge on any atom is -0.308 e. The number of aromatic nitrogens is 3. The van der Waals surface area contributed by atoms with E-state index in [1.54, 1.807) is 34.8 Å². The molecular formula is C17H18N6O2S. The van der Waals surface area contributed by atoms with E-state index < -0.39 is 10.0 Å². The van der Waals surface area contributed by atoms with Gasteiger partial charge in [-0.05, 0) is 32.3 Å². The molecule has 0 unspecified atom stereocenters. The van der Waals surface area contributed by atoms with E-state index in [1.165, 1.54) is 12.4 Å². The standard InChI is InChI=1S/C17H18N6O2S/c1-22(2)8-7-21-26(24,25)15-9-16(23-17(10-15)19-12-20-23)14-5-3-13(11-18)4-6-14/h3-6,9-10,12,21H,7-8H2,1-2H3. The van der Waals surface area contributed by atoms with Crippen LogP contribution in [-0.4, -0.2) is 55.1 Å². The topological polar surface area (TPSA) is 103 Å². The molecule has 3 rings (SSSR count). The number of rotatable bonds is 6. The van der Waals surface area contributed by atoms with E-state index in [1.807, 2.05) is 19.0 Å². The Morgan fingerprint density at radius 1 is 1.23 bits per heavy atom. The van der Waals surface area contributed by atoms with Crippen LogP contribution in [0.4, 0.5) is 0 Å². The molecule has 0 atom stereocenters. The van der Waals surface area contributed by atoms with Crippen LogP contribution in [0.3, 0.4) is 0 Å². The van der Waals surface area contributed by atoms with E-state index in [0.717, 1.165) is 5.56 Å². The summed E-state index contributed by atoms with van der Waals surface area (Å²) >= 11 is 0. The molecule has 0 saturated heterocycles. The number of likely N-dealkylation sites (N-methyl/N-ethyl adjacent to an activating group) is 1. The number of sulfonamides is 1. The maximum atomic E-state index is 12.6. The van der Waals surface area contributed by atoms with Gasteiger partial charge < -0.3 is 4.90 Å². The summed E-state index contributed by atoms with van der Waals surface area (Å²) in [6, 6.07) is 12.0. The zero-order chi connectivity index (χ0) is 18.7. The van der Waals surface area contributed by atoms with Crippen molar-refractivity contribution in [3.05, 3.63) is 48.3 Å². The molecule has 9 heteroatoms. The Morgan fingerprint density at radius 2 is 1.96 bits per heavy atom. The number of hydrogen-bond donors (Lipinski definition) is 1. The second-order valence-corrected chi connectivity index (χ2v) is 7.76. The summed E-state index contributed by atoms with van der Waals surface area (Å²) in [5, 5.41) is 13.1. The molecule has 0 aliphatic heterocycles. The van der Waals surface area contributed by atoms with Crippen LogP contribution in [-0.2, 0) is 10.0 Å². The Hall–Kier alpha value is -2.80. The van der Waals surface area contributed by atoms with E-state index in [4.69, 9.17) is 5.26 Å². The third kappa shape index (κ3) is 3.72. The quantitative estimate of drug-likeness (QED) is 0.697. The second-order valence-electron chi connectivity index (χ2n) is 6.00. The van der Waals surface area contributed by atoms with Gasteiger partial charge in [0.15, 0.2) is 5.65 Å². The van der Waals surface area contributed by atoms with Crippen LogP contribution in [0, 0.1) is 11.3 Å². The van der Waals surface area contributed by atoms with E-state index >= 15 is 0 Å². The first kappa shape index (κ1) is 18.0. The Balaban J connectivity index is 2.04. The van der Waals surface area contributed by atoms with Gasteiger partial charge in [0.2, 0.25) is 10.0 Å². The number of fused-ring (bicyclic) bond motifs is 1. The minimum atomic E-state index is -3.68. The Labute approximate surface area is 151 Å². The van der Waals surface area contributed by atoms with Crippen molar-refractivity contribution in [3.63, 3.8) is 0 Å². The summed E-state index contributed by atoms with van der Waals surface area (Å²) in [4.78, 5) is 6.14. The predicted molar refractivity (Wildman–Crippen MR) is 96.9 cm³/mol. The highest BCUT2D eigenvalue weighted by Gasteiger charge is 2.18. The highest BCUT2D eigenvalue weighted by molar-refractivity contribution is 7.89. The van der Waals surface area contributed by atoms with Gasteiger partial charge in [-0.25, -0.2) is 22.6 Å². The molecule has 0 spiro atoms. The number of nitriles is 1. The van der Waals surface area contributed by atoms with E-state index in [0.29, 0.717) is 30.0 Å². The van der Waals surface area contributed by atoms with Crippen LogP contribution in [0.25, 0.3) is 16.9 Å². The van der Waals surface area contributed by atoms with Crippen molar-refractivity contribution in [3.8, 4) is 17.3 Å². The van der Waals surface area contributed by atoms with Gasteiger partial charge >= 0.3 is 0 Å². The molecule has 3 aromatic rings. The maximum Gasteiger partial charge on any atom is 0.240 e. The fourth-order valence-electron chi connectivity index (χ4n) is 2.46. The van der Waals surface area contributed by atoms with Crippen LogP contribution in [0.5, 0.6) is 0 Å². The number of nitrogens with zero attached hydrogens (tertiary/aromatic N) is 5. The van der Waals surface area contributed by atoms with Crippen LogP contribution in [0.1, 0.15) is 5.56 Å². The molecule has 0 aliphatic rings. The number of nitrogens with one attached hydrogen (secondary N) is 1. The van der Waals surface area contributed by atoms with Gasteiger partial charge in [0.25, 0.3) is 0 Å². The molecule has 134 valence electrons. The molecule has 0 amide bonds. The van der Waals surface area contributed by atoms with Crippen LogP contribution < -0.4 is 4.72 Å². The smallest absolute Gasteiger partial charge is 0.240 e. The Morgan fingerprint density at radius 3 is 2.62 bits per heavy atom. The lowest BCUT2D eigenvalue weighted by Gasteiger charge is -2.12. The SMILES string of the molecule is CN(C)CCNS(=O)(=O)c1cc(-c2ccc(C#N)cc2)n2ncnc2c1. The van der Waals surface area contributed by atoms with E-state index in [2.05, 4.69) is 20.9 Å². The Bertz CT molecular complexity index is 1060. The third-order valence-electron chi connectivity index (χ3n) is 3.82. The first-order valence-corrected chi connectivity index (χ1v) is 9.38. The molecule has 1 aromatic carbocycles. The van der Waals surface area contributed by atoms with Crippen LogP contribution in [0.15, 0.2) is 47.6 Å². The summed E-state index contributed by atoms with van der Waals surface area (Å²) in [5.41, 5.74) is 2.28. The number of pyridine rings is 1. The van der Waals surface area contributed by atoms with Crippen molar-refractivity contribution in [2.24, 2.45) is 0 Å². The minimum absolute atomic E-state index is 0.121. The molecule has 1 N–H and O–H groups in total. The molecule has 0 radical (unpaired) electrons. The van der Waals surface area contributed by atoms with Gasteiger partial charge in [-0.3, -0.25) is 0 Å². The average molecular weight is 370 g/mol. The fraction of sp³-hybridized carbons (Fsp3) is 0.235. The van der Waals surface area contributed by atoms with Crippen molar-refractivity contribution in [2.45, 2.75) is 4.90 Å². The van der Waals surface area contributed by atoms with Crippen LogP contribution in [0.2, 0.25) is 0 Å². The first-order valence-electron chi connectivity index (χ1n) is 7.89. The second kappa shape index (κ2) is 7.21. The molecule has 0 fully saturated rings. The summed E-state index contributed by atoms with van der Waals surface area (Å²) in [7, 11) is 0.0704. The van der Waals surface area contributed by atoms with Gasteiger partial charge in [0.05, 0.1) is 22.2 Å². The molecule has 0 aliphatic carbocycles. The average Bonchev–Trinajstić information content (AvgIpc) is 3.09. The molecule has 8 nitrogen and oxygen atoms in total. The number of hydrogen-bond acceptors (Lipinski definition) is 6. The van der Waals surface area contributed by atoms with Gasteiger partial charge in [0.1, 0.15) is 6.33 Å². The maximum absolute atomic E-state index is 12.6. The lowest BCUT2D eigenvalue weighted by molar-refractivity contribution is 0.412. The van der Waals surface area contributed by atoms with Gasteiger partial charge in [-0.1, -0.05) is 12.1 Å². The zero-order valence-corrected chi connectivity index (χ0v) is 15.2. The van der Waals surface area contributed by atoms with E-state index in [-0.39, 0.29) is 4.90 Å². The summed E-state index contributed by atoms with van der Waals surface area (Å²) in [6.45, 7) is 0.897. The van der Waals surface area contributed by atoms with Crippen molar-refractivity contribution in [1.29, 1.82) is 5.26 Å². The molecule has 2 heterocycles. The summed E-state index contributed by atoms with van der Waals surface area (Å²) < 4.78 is 29.4. The fourth-order valence-corrected chi connectivity index (χ4v) is 3.52. The molecular weight excluding hydrogens is 352 g/mol. The highest BCUT2D eigenvalue weighted by Crippen LogP contribution is 2.24. The molecule has 0 bridgehead atoms. The van der Waals surface area contributed by atoms with Gasteiger partial charge in [-0.2, -0.15) is 10.4 Å². The normalized spacial score (nSPS) is 11.8. The molecule has 0 saturated carbocycles. The van der Waals surface area contributed by atoms with E-state index in [9.17, 15) is 8.42 Å². The van der Waals surface area contributed by atoms with Gasteiger partial charge in [0, 0.05) is 24.7 Å². The highest BCUT2D eigenvalue weighted by atomic mass is 32.2. The van der Waals surface area contributed by atoms with Gasteiger partial charge in [-0.15, -0.1) is 0 Å². The summed E-state index contributed by atoms with van der Waals surface area (Å²) in [5.74, 6) is 0. The first-order chi connectivity index (χ1) is 12.4. The lowest BCUT2D eigenvalue weighted by Crippen LogP contribution is -2.31. The van der Waals surface area contributed by atoms with Crippen molar-refractivity contribution >= 4 is 15.7 Å². The molecule has 26 heavy (non-hydrogen) atoms. The Kier molecular flexibility index (Phi) is 4.99. The third-order valence-corrected chi connectivity index (χ3v) is 5.26. The van der Waals surface area contributed by atoms with Crippen molar-refractivity contribution < 1.29 is 8.42 Å². The molecule has 2 aromatic heterocycles. The number of benzene rings is 1. The summed E-state index contributed by atoms with van der Waals surface area (Å²) in [6.07, 6.45) is 1.37. The largest absolute Gasteiger partial charge is 0.308 e. The van der Waals surface area contributed by atoms with Crippen molar-refractivity contribution in [1.82, 2.24) is 24.2 Å². The lowest BCUT2D eigenvalue weighted by atomic mass is 10.1. The monoisotopic (exact) mass is 370 g/mol.